The minimum atomic E-state index is 0.633. The molecule has 0 radical (unpaired) electrons. The summed E-state index contributed by atoms with van der Waals surface area (Å²) in [6.45, 7) is 3.30. The maximum atomic E-state index is 5.79. The van der Waals surface area contributed by atoms with Gasteiger partial charge in [0.2, 0.25) is 0 Å². The van der Waals surface area contributed by atoms with Gasteiger partial charge in [-0.1, -0.05) is 0 Å². The molecule has 0 aromatic carbocycles. The zero-order valence-electron chi connectivity index (χ0n) is 8.37. The second kappa shape index (κ2) is 6.98. The van der Waals surface area contributed by atoms with E-state index in [0.717, 1.165) is 6.54 Å². The summed E-state index contributed by atoms with van der Waals surface area (Å²) in [5, 5.41) is 0. The van der Waals surface area contributed by atoms with Gasteiger partial charge in [-0.25, -0.2) is 0 Å². The molecule has 2 nitrogen and oxygen atoms in total. The highest BCUT2D eigenvalue weighted by molar-refractivity contribution is 7.99. The summed E-state index contributed by atoms with van der Waals surface area (Å²) in [6, 6.07) is 0.633. The van der Waals surface area contributed by atoms with E-state index in [1.165, 1.54) is 36.8 Å². The van der Waals surface area contributed by atoms with Crippen molar-refractivity contribution in [3.05, 3.63) is 0 Å². The van der Waals surface area contributed by atoms with Crippen LogP contribution in [0.25, 0.3) is 0 Å². The molecular weight excluding hydrogens is 200 g/mol. The van der Waals surface area contributed by atoms with Crippen molar-refractivity contribution in [3.63, 3.8) is 0 Å². The Bertz CT molecular complexity index is 127. The Labute approximate surface area is 90.0 Å². The third-order valence-electron chi connectivity index (χ3n) is 2.49. The zero-order valence-corrected chi connectivity index (χ0v) is 10.0. The lowest BCUT2D eigenvalue weighted by Gasteiger charge is -2.33. The smallest absolute Gasteiger partial charge is 0.0226 e. The van der Waals surface area contributed by atoms with Crippen molar-refractivity contribution in [1.82, 2.24) is 4.90 Å². The van der Waals surface area contributed by atoms with E-state index in [-0.39, 0.29) is 0 Å². The molecule has 0 aromatic heterocycles. The van der Waals surface area contributed by atoms with Crippen LogP contribution < -0.4 is 5.73 Å². The van der Waals surface area contributed by atoms with Gasteiger partial charge < -0.3 is 5.73 Å². The van der Waals surface area contributed by atoms with Crippen molar-refractivity contribution in [1.29, 1.82) is 0 Å². The number of thioether (sulfide) groups is 2. The van der Waals surface area contributed by atoms with Crippen molar-refractivity contribution in [2.24, 2.45) is 5.73 Å². The van der Waals surface area contributed by atoms with E-state index < -0.39 is 0 Å². The summed E-state index contributed by atoms with van der Waals surface area (Å²) in [5.74, 6) is 3.82. The summed E-state index contributed by atoms with van der Waals surface area (Å²) in [7, 11) is 0. The van der Waals surface area contributed by atoms with Crippen LogP contribution in [-0.4, -0.2) is 54.1 Å². The van der Waals surface area contributed by atoms with E-state index in [1.54, 1.807) is 0 Å². The van der Waals surface area contributed by atoms with E-state index in [0.29, 0.717) is 6.04 Å². The molecule has 1 fully saturated rings. The van der Waals surface area contributed by atoms with Crippen LogP contribution in [0.1, 0.15) is 6.42 Å². The quantitative estimate of drug-likeness (QED) is 0.752. The number of hydrogen-bond acceptors (Lipinski definition) is 4. The molecule has 1 unspecified atom stereocenters. The Balaban J connectivity index is 2.26. The number of nitrogens with two attached hydrogens (primary N) is 1. The number of nitrogens with zero attached hydrogens (tertiary/aromatic N) is 1. The number of rotatable bonds is 5. The molecule has 0 aromatic rings. The Morgan fingerprint density at radius 3 is 2.69 bits per heavy atom. The Hall–Kier alpha value is 0.620. The summed E-state index contributed by atoms with van der Waals surface area (Å²) in [4.78, 5) is 2.56. The molecule has 13 heavy (non-hydrogen) atoms. The summed E-state index contributed by atoms with van der Waals surface area (Å²) >= 11 is 3.98. The average molecular weight is 220 g/mol. The van der Waals surface area contributed by atoms with Gasteiger partial charge in [0, 0.05) is 37.2 Å². The van der Waals surface area contributed by atoms with Crippen molar-refractivity contribution >= 4 is 23.5 Å². The fraction of sp³-hybridized carbons (Fsp3) is 1.00. The summed E-state index contributed by atoms with van der Waals surface area (Å²) in [6.07, 6.45) is 3.42. The Morgan fingerprint density at radius 1 is 1.46 bits per heavy atom. The van der Waals surface area contributed by atoms with Gasteiger partial charge >= 0.3 is 0 Å². The predicted molar refractivity (Wildman–Crippen MR) is 64.7 cm³/mol. The molecule has 0 saturated carbocycles. The second-order valence-electron chi connectivity index (χ2n) is 3.32. The van der Waals surface area contributed by atoms with Crippen LogP contribution >= 0.6 is 23.5 Å². The first-order valence-corrected chi connectivity index (χ1v) is 7.44. The van der Waals surface area contributed by atoms with Gasteiger partial charge in [-0.05, 0) is 18.4 Å². The largest absolute Gasteiger partial charge is 0.329 e. The first kappa shape index (κ1) is 11.7. The summed E-state index contributed by atoms with van der Waals surface area (Å²) < 4.78 is 0. The normalized spacial score (nSPS) is 21.7. The topological polar surface area (TPSA) is 29.3 Å². The SMILES string of the molecule is CSCCC(CN)N1CCSCC1. The maximum absolute atomic E-state index is 5.79. The van der Waals surface area contributed by atoms with Crippen LogP contribution in [0, 0.1) is 0 Å². The minimum absolute atomic E-state index is 0.633. The van der Waals surface area contributed by atoms with Crippen molar-refractivity contribution < 1.29 is 0 Å². The molecule has 4 heteroatoms. The van der Waals surface area contributed by atoms with E-state index >= 15 is 0 Å². The van der Waals surface area contributed by atoms with Crippen molar-refractivity contribution in [2.45, 2.75) is 12.5 Å². The van der Waals surface area contributed by atoms with Crippen LogP contribution in [0.3, 0.4) is 0 Å². The monoisotopic (exact) mass is 220 g/mol. The van der Waals surface area contributed by atoms with E-state index in [2.05, 4.69) is 22.9 Å². The van der Waals surface area contributed by atoms with Crippen LogP contribution in [0.2, 0.25) is 0 Å². The van der Waals surface area contributed by atoms with Crippen LogP contribution in [0.4, 0.5) is 0 Å². The molecule has 1 heterocycles. The molecule has 2 N–H and O–H groups in total. The fourth-order valence-electron chi connectivity index (χ4n) is 1.65. The number of hydrogen-bond donors (Lipinski definition) is 1. The second-order valence-corrected chi connectivity index (χ2v) is 5.53. The van der Waals surface area contributed by atoms with E-state index in [9.17, 15) is 0 Å². The third-order valence-corrected chi connectivity index (χ3v) is 4.08. The predicted octanol–water partition coefficient (Wildman–Crippen LogP) is 1.12. The van der Waals surface area contributed by atoms with E-state index in [4.69, 9.17) is 5.73 Å². The van der Waals surface area contributed by atoms with Gasteiger partial charge in [0.05, 0.1) is 0 Å². The Kier molecular flexibility index (Phi) is 6.28. The van der Waals surface area contributed by atoms with Gasteiger partial charge in [0.1, 0.15) is 0 Å². The highest BCUT2D eigenvalue weighted by atomic mass is 32.2. The van der Waals surface area contributed by atoms with Gasteiger partial charge in [-0.3, -0.25) is 4.90 Å². The molecule has 78 valence electrons. The third kappa shape index (κ3) is 4.11. The molecule has 1 aliphatic heterocycles. The van der Waals surface area contributed by atoms with Gasteiger partial charge in [0.15, 0.2) is 0 Å². The molecule has 0 bridgehead atoms. The molecule has 1 rings (SSSR count). The van der Waals surface area contributed by atoms with Crippen LogP contribution in [-0.2, 0) is 0 Å². The minimum Gasteiger partial charge on any atom is -0.329 e. The molecule has 0 amide bonds. The first-order valence-electron chi connectivity index (χ1n) is 4.89. The zero-order chi connectivity index (χ0) is 9.52. The average Bonchev–Trinajstić information content (AvgIpc) is 2.21. The maximum Gasteiger partial charge on any atom is 0.0226 e. The van der Waals surface area contributed by atoms with Gasteiger partial charge in [0.25, 0.3) is 0 Å². The fourth-order valence-corrected chi connectivity index (χ4v) is 3.09. The molecule has 0 aliphatic carbocycles. The highest BCUT2D eigenvalue weighted by Crippen LogP contribution is 2.14. The first-order chi connectivity index (χ1) is 6.38. The molecular formula is C9H20N2S2. The van der Waals surface area contributed by atoms with Gasteiger partial charge in [-0.2, -0.15) is 23.5 Å². The molecule has 1 aliphatic rings. The van der Waals surface area contributed by atoms with E-state index in [1.807, 2.05) is 11.8 Å². The molecule has 0 spiro atoms. The highest BCUT2D eigenvalue weighted by Gasteiger charge is 2.18. The lowest BCUT2D eigenvalue weighted by Crippen LogP contribution is -2.45. The standard InChI is InChI=1S/C9H20N2S2/c1-12-5-2-9(8-10)11-3-6-13-7-4-11/h9H,2-8,10H2,1H3. The lowest BCUT2D eigenvalue weighted by molar-refractivity contribution is 0.216. The molecule has 1 saturated heterocycles. The lowest BCUT2D eigenvalue weighted by atomic mass is 10.2. The van der Waals surface area contributed by atoms with Crippen molar-refractivity contribution in [3.8, 4) is 0 Å². The Morgan fingerprint density at radius 2 is 2.15 bits per heavy atom. The van der Waals surface area contributed by atoms with Crippen LogP contribution in [0.5, 0.6) is 0 Å². The molecule has 1 atom stereocenters. The van der Waals surface area contributed by atoms with Crippen LogP contribution in [0.15, 0.2) is 0 Å². The van der Waals surface area contributed by atoms with Gasteiger partial charge in [-0.15, -0.1) is 0 Å². The summed E-state index contributed by atoms with van der Waals surface area (Å²) in [5.41, 5.74) is 5.79. The van der Waals surface area contributed by atoms with Crippen molar-refractivity contribution in [2.75, 3.05) is 43.1 Å².